The van der Waals surface area contributed by atoms with E-state index in [-0.39, 0.29) is 17.5 Å². The summed E-state index contributed by atoms with van der Waals surface area (Å²) in [7, 11) is 0. The van der Waals surface area contributed by atoms with Crippen molar-refractivity contribution in [2.75, 3.05) is 6.54 Å². The minimum atomic E-state index is -4.60. The van der Waals surface area contributed by atoms with Crippen molar-refractivity contribution in [1.82, 2.24) is 0 Å². The lowest BCUT2D eigenvalue weighted by Gasteiger charge is -2.10. The molecule has 0 aromatic heterocycles. The summed E-state index contributed by atoms with van der Waals surface area (Å²) in [5, 5.41) is 17.7. The number of aliphatic imine (C=N–C) groups is 1. The molecule has 0 saturated heterocycles. The molecular formula is C16H16F3N3O2. The molecule has 0 heterocycles. The smallest absolute Gasteiger partial charge is 0.417 e. The number of hydrogen-bond donors (Lipinski definition) is 2. The number of nitrogens with zero attached hydrogens (tertiary/aromatic N) is 2. The fourth-order valence-corrected chi connectivity index (χ4v) is 1.89. The molecule has 8 heteroatoms. The van der Waals surface area contributed by atoms with Crippen LogP contribution in [0, 0.1) is 11.3 Å². The molecule has 1 aromatic carbocycles. The highest BCUT2D eigenvalue weighted by Gasteiger charge is 2.33. The van der Waals surface area contributed by atoms with Crippen LogP contribution in [0.15, 0.2) is 29.3 Å². The van der Waals surface area contributed by atoms with Crippen LogP contribution in [0.1, 0.15) is 29.5 Å². The van der Waals surface area contributed by atoms with Gasteiger partial charge in [-0.2, -0.15) is 18.4 Å². The van der Waals surface area contributed by atoms with Crippen LogP contribution in [0.5, 0.6) is 0 Å². The average molecular weight is 339 g/mol. The number of benzene rings is 1. The summed E-state index contributed by atoms with van der Waals surface area (Å²) < 4.78 is 38.9. The van der Waals surface area contributed by atoms with Crippen LogP contribution in [0.3, 0.4) is 0 Å². The lowest BCUT2D eigenvalue weighted by Crippen LogP contribution is -2.19. The Bertz CT molecular complexity index is 676. The van der Waals surface area contributed by atoms with Crippen LogP contribution in [0.25, 0.3) is 6.08 Å². The molecule has 0 amide bonds. The molecule has 1 atom stereocenters. The molecular weight excluding hydrogens is 323 g/mol. The number of aliphatic carboxylic acids is 1. The van der Waals surface area contributed by atoms with E-state index in [0.717, 1.165) is 18.4 Å². The molecule has 1 unspecified atom stereocenters. The highest BCUT2D eigenvalue weighted by molar-refractivity contribution is 5.82. The van der Waals surface area contributed by atoms with Gasteiger partial charge in [0.2, 0.25) is 0 Å². The normalized spacial score (nSPS) is 13.3. The summed E-state index contributed by atoms with van der Waals surface area (Å²) in [6, 6.07) is 3.88. The molecule has 0 aliphatic rings. The Morgan fingerprint density at radius 1 is 1.46 bits per heavy atom. The molecule has 0 aliphatic heterocycles. The zero-order chi connectivity index (χ0) is 18.2. The summed E-state index contributed by atoms with van der Waals surface area (Å²) in [5.41, 5.74) is 4.13. The molecule has 5 nitrogen and oxygen atoms in total. The maximum absolute atomic E-state index is 13.0. The fourth-order valence-electron chi connectivity index (χ4n) is 1.89. The van der Waals surface area contributed by atoms with Gasteiger partial charge in [-0.3, -0.25) is 4.99 Å². The minimum absolute atomic E-state index is 0.0964. The number of halogens is 3. The molecule has 0 radical (unpaired) electrons. The zero-order valence-corrected chi connectivity index (χ0v) is 12.6. The van der Waals surface area contributed by atoms with Gasteiger partial charge in [0.15, 0.2) is 0 Å². The first-order chi connectivity index (χ1) is 11.3. The predicted molar refractivity (Wildman–Crippen MR) is 83.4 cm³/mol. The van der Waals surface area contributed by atoms with Gasteiger partial charge in [-0.25, -0.2) is 4.79 Å². The third kappa shape index (κ3) is 5.85. The van der Waals surface area contributed by atoms with Crippen molar-refractivity contribution in [3.8, 4) is 6.07 Å². The Morgan fingerprint density at radius 2 is 2.17 bits per heavy atom. The number of alkyl halides is 3. The molecule has 128 valence electrons. The Morgan fingerprint density at radius 3 is 2.71 bits per heavy atom. The second-order valence-electron chi connectivity index (χ2n) is 4.85. The highest BCUT2D eigenvalue weighted by atomic mass is 19.4. The minimum Gasteiger partial charge on any atom is -0.480 e. The fraction of sp³-hybridized carbons (Fsp3) is 0.312. The summed E-state index contributed by atoms with van der Waals surface area (Å²) >= 11 is 0. The lowest BCUT2D eigenvalue weighted by molar-refractivity contribution is -0.139. The quantitative estimate of drug-likeness (QED) is 0.746. The van der Waals surface area contributed by atoms with E-state index in [2.05, 4.69) is 4.99 Å². The van der Waals surface area contributed by atoms with E-state index in [1.807, 2.05) is 0 Å². The SMILES string of the molecule is N#Cc1ccc(/C=C/C=NC(CCCN)C(=O)O)c(C(F)(F)F)c1. The van der Waals surface area contributed by atoms with E-state index in [4.69, 9.17) is 16.1 Å². The lowest BCUT2D eigenvalue weighted by atomic mass is 10.0. The van der Waals surface area contributed by atoms with Crippen LogP contribution >= 0.6 is 0 Å². The second-order valence-corrected chi connectivity index (χ2v) is 4.85. The van der Waals surface area contributed by atoms with Gasteiger partial charge >= 0.3 is 12.1 Å². The second kappa shape index (κ2) is 8.84. The van der Waals surface area contributed by atoms with Gasteiger partial charge in [0.25, 0.3) is 0 Å². The van der Waals surface area contributed by atoms with Gasteiger partial charge in [0.1, 0.15) is 6.04 Å². The number of hydrogen-bond acceptors (Lipinski definition) is 4. The van der Waals surface area contributed by atoms with Crippen LogP contribution in [-0.2, 0) is 11.0 Å². The zero-order valence-electron chi connectivity index (χ0n) is 12.6. The average Bonchev–Trinajstić information content (AvgIpc) is 2.52. The summed E-state index contributed by atoms with van der Waals surface area (Å²) in [5.74, 6) is -1.12. The third-order valence-corrected chi connectivity index (χ3v) is 3.08. The molecule has 0 bridgehead atoms. The van der Waals surface area contributed by atoms with Crippen molar-refractivity contribution in [2.45, 2.75) is 25.1 Å². The Kier molecular flexibility index (Phi) is 7.14. The Balaban J connectivity index is 2.96. The first-order valence-electron chi connectivity index (χ1n) is 7.03. The van der Waals surface area contributed by atoms with E-state index in [9.17, 15) is 18.0 Å². The number of nitriles is 1. The van der Waals surface area contributed by atoms with Gasteiger partial charge in [-0.15, -0.1) is 0 Å². The van der Waals surface area contributed by atoms with Crippen molar-refractivity contribution in [3.05, 3.63) is 41.0 Å². The summed E-state index contributed by atoms with van der Waals surface area (Å²) in [6.45, 7) is 0.329. The van der Waals surface area contributed by atoms with Crippen LogP contribution in [0.4, 0.5) is 13.2 Å². The molecule has 1 rings (SSSR count). The van der Waals surface area contributed by atoms with E-state index >= 15 is 0 Å². The Labute approximate surface area is 136 Å². The van der Waals surface area contributed by atoms with Crippen molar-refractivity contribution in [1.29, 1.82) is 5.26 Å². The third-order valence-electron chi connectivity index (χ3n) is 3.08. The number of carboxylic acids is 1. The summed E-state index contributed by atoms with van der Waals surface area (Å²) in [6.07, 6.45) is -0.334. The van der Waals surface area contributed by atoms with E-state index in [0.29, 0.717) is 13.0 Å². The maximum atomic E-state index is 13.0. The van der Waals surface area contributed by atoms with Gasteiger partial charge in [0.05, 0.1) is 17.2 Å². The molecule has 0 spiro atoms. The number of carbonyl (C=O) groups is 1. The first-order valence-corrected chi connectivity index (χ1v) is 7.03. The topological polar surface area (TPSA) is 99.5 Å². The number of allylic oxidation sites excluding steroid dienone is 1. The number of carboxylic acid groups (broad SMARTS) is 1. The van der Waals surface area contributed by atoms with Gasteiger partial charge < -0.3 is 10.8 Å². The van der Waals surface area contributed by atoms with E-state index < -0.39 is 23.8 Å². The van der Waals surface area contributed by atoms with Crippen molar-refractivity contribution in [3.63, 3.8) is 0 Å². The van der Waals surface area contributed by atoms with E-state index in [1.165, 1.54) is 18.2 Å². The van der Waals surface area contributed by atoms with Gasteiger partial charge in [0, 0.05) is 6.21 Å². The molecule has 0 saturated carbocycles. The van der Waals surface area contributed by atoms with Gasteiger partial charge in [-0.05, 0) is 43.2 Å². The maximum Gasteiger partial charge on any atom is 0.417 e. The van der Waals surface area contributed by atoms with Crippen LogP contribution in [0.2, 0.25) is 0 Å². The highest BCUT2D eigenvalue weighted by Crippen LogP contribution is 2.33. The predicted octanol–water partition coefficient (Wildman–Crippen LogP) is 2.85. The molecule has 24 heavy (non-hydrogen) atoms. The van der Waals surface area contributed by atoms with Crippen LogP contribution in [-0.4, -0.2) is 29.9 Å². The van der Waals surface area contributed by atoms with Gasteiger partial charge in [-0.1, -0.05) is 12.1 Å². The van der Waals surface area contributed by atoms with Crippen molar-refractivity contribution in [2.24, 2.45) is 10.7 Å². The van der Waals surface area contributed by atoms with Crippen molar-refractivity contribution < 1.29 is 23.1 Å². The Hall–Kier alpha value is -2.66. The monoisotopic (exact) mass is 339 g/mol. The van der Waals surface area contributed by atoms with Crippen LogP contribution < -0.4 is 5.73 Å². The van der Waals surface area contributed by atoms with Crippen molar-refractivity contribution >= 4 is 18.3 Å². The first kappa shape index (κ1) is 19.4. The molecule has 0 aliphatic carbocycles. The summed E-state index contributed by atoms with van der Waals surface area (Å²) in [4.78, 5) is 14.8. The number of rotatable bonds is 7. The standard InChI is InChI=1S/C16H16F3N3O2/c17-16(18,19)13-9-11(10-21)5-6-12(13)3-2-8-22-14(15(23)24)4-1-7-20/h2-3,5-6,8-9,14H,1,4,7,20H2,(H,23,24)/b3-2+,22-8?. The van der Waals surface area contributed by atoms with E-state index in [1.54, 1.807) is 6.07 Å². The molecule has 0 fully saturated rings. The number of nitrogens with two attached hydrogens (primary N) is 1. The molecule has 3 N–H and O–H groups in total. The molecule has 1 aromatic rings. The largest absolute Gasteiger partial charge is 0.480 e.